The minimum absolute atomic E-state index is 0.481. The molecule has 78 valence electrons. The third kappa shape index (κ3) is 5.88. The second-order valence-corrected chi connectivity index (χ2v) is 4.91. The van der Waals surface area contributed by atoms with Gasteiger partial charge < -0.3 is 10.8 Å². The molecule has 0 amide bonds. The van der Waals surface area contributed by atoms with E-state index in [1.54, 1.807) is 0 Å². The maximum atomic E-state index is 9.57. The molecule has 3 N–H and O–H groups in total. The van der Waals surface area contributed by atoms with Crippen molar-refractivity contribution >= 4 is 17.6 Å². The smallest absolute Gasteiger partial charge is 0.320 e. The van der Waals surface area contributed by atoms with Crippen LogP contribution in [0.1, 0.15) is 33.6 Å². The molecule has 3 nitrogen and oxygen atoms in total. The number of carboxylic acids is 1. The summed E-state index contributed by atoms with van der Waals surface area (Å²) in [5, 5.41) is 8.35. The Labute approximate surface area is 84.3 Å². The molecule has 0 heterocycles. The van der Waals surface area contributed by atoms with Crippen LogP contribution in [0.15, 0.2) is 0 Å². The fraction of sp³-hybridized carbons (Fsp3) is 0.889. The molecule has 13 heavy (non-hydrogen) atoms. The van der Waals surface area contributed by atoms with Gasteiger partial charge in [0.2, 0.25) is 0 Å². The van der Waals surface area contributed by atoms with E-state index in [0.29, 0.717) is 10.8 Å². The fourth-order valence-corrected chi connectivity index (χ4v) is 1.97. The van der Waals surface area contributed by atoms with Crippen LogP contribution in [0.25, 0.3) is 0 Å². The summed E-state index contributed by atoms with van der Waals surface area (Å²) in [6.07, 6.45) is 2.41. The lowest BCUT2D eigenvalue weighted by Crippen LogP contribution is -2.31. The number of aliphatic carboxylic acids is 1. The van der Waals surface area contributed by atoms with Gasteiger partial charge in [-0.3, -0.25) is 4.79 Å². The van der Waals surface area contributed by atoms with Crippen molar-refractivity contribution in [2.75, 3.05) is 0 Å². The molecule has 0 aromatic carbocycles. The van der Waals surface area contributed by atoms with Crippen LogP contribution in [0.4, 0.5) is 0 Å². The number of hydrogen-bond acceptors (Lipinski definition) is 2. The van der Waals surface area contributed by atoms with Crippen LogP contribution >= 0.6 is 11.6 Å². The first kappa shape index (κ1) is 12.7. The minimum Gasteiger partial charge on any atom is -0.480 e. The fourth-order valence-electron chi connectivity index (χ4n) is 1.14. The second kappa shape index (κ2) is 4.82. The molecule has 0 spiro atoms. The zero-order chi connectivity index (χ0) is 10.6. The standard InChI is InChI=1S/C6H11Cl.C3H7NO2/c1-6(2)3-5(7)4-6;1-2(4)3(5)6/h5H,3-4H2,1-2H3;2H,4H2,1H3,(H,5,6). The SMILES string of the molecule is CC(N)C(=O)O.CC1(C)CC(Cl)C1. The van der Waals surface area contributed by atoms with Crippen LogP contribution in [0.3, 0.4) is 0 Å². The molecule has 4 heteroatoms. The summed E-state index contributed by atoms with van der Waals surface area (Å²) in [6.45, 7) is 5.93. The van der Waals surface area contributed by atoms with E-state index in [9.17, 15) is 4.79 Å². The van der Waals surface area contributed by atoms with Gasteiger partial charge in [-0.2, -0.15) is 0 Å². The highest BCUT2D eigenvalue weighted by atomic mass is 35.5. The van der Waals surface area contributed by atoms with E-state index in [4.69, 9.17) is 22.4 Å². The Morgan fingerprint density at radius 3 is 1.92 bits per heavy atom. The van der Waals surface area contributed by atoms with Gasteiger partial charge in [0.1, 0.15) is 6.04 Å². The highest BCUT2D eigenvalue weighted by Gasteiger charge is 2.34. The number of nitrogens with two attached hydrogens (primary N) is 1. The summed E-state index contributed by atoms with van der Waals surface area (Å²) in [5.41, 5.74) is 5.40. The third-order valence-electron chi connectivity index (χ3n) is 1.94. The monoisotopic (exact) mass is 207 g/mol. The van der Waals surface area contributed by atoms with Crippen molar-refractivity contribution in [1.29, 1.82) is 0 Å². The van der Waals surface area contributed by atoms with Gasteiger partial charge in [0.05, 0.1) is 0 Å². The Kier molecular flexibility index (Phi) is 4.71. The lowest BCUT2D eigenvalue weighted by molar-refractivity contribution is -0.138. The number of halogens is 1. The highest BCUT2D eigenvalue weighted by Crippen LogP contribution is 2.42. The Morgan fingerprint density at radius 2 is 1.92 bits per heavy atom. The summed E-state index contributed by atoms with van der Waals surface area (Å²) >= 11 is 5.73. The molecular weight excluding hydrogens is 190 g/mol. The van der Waals surface area contributed by atoms with Crippen molar-refractivity contribution in [3.05, 3.63) is 0 Å². The predicted molar refractivity (Wildman–Crippen MR) is 53.9 cm³/mol. The van der Waals surface area contributed by atoms with E-state index in [-0.39, 0.29) is 0 Å². The van der Waals surface area contributed by atoms with Gasteiger partial charge in [-0.15, -0.1) is 11.6 Å². The van der Waals surface area contributed by atoms with E-state index in [2.05, 4.69) is 13.8 Å². The number of hydrogen-bond donors (Lipinski definition) is 2. The predicted octanol–water partition coefficient (Wildman–Crippen LogP) is 1.83. The van der Waals surface area contributed by atoms with Gasteiger partial charge in [-0.05, 0) is 25.2 Å². The molecule has 1 atom stereocenters. The Bertz CT molecular complexity index is 172. The molecule has 1 aliphatic rings. The highest BCUT2D eigenvalue weighted by molar-refractivity contribution is 6.21. The van der Waals surface area contributed by atoms with Crippen molar-refractivity contribution in [1.82, 2.24) is 0 Å². The zero-order valence-electron chi connectivity index (χ0n) is 8.38. The Morgan fingerprint density at radius 1 is 1.62 bits per heavy atom. The largest absolute Gasteiger partial charge is 0.480 e. The van der Waals surface area contributed by atoms with Crippen LogP contribution in [0.2, 0.25) is 0 Å². The number of carbonyl (C=O) groups is 1. The normalized spacial score (nSPS) is 22.2. The van der Waals surface area contributed by atoms with Crippen molar-refractivity contribution < 1.29 is 9.90 Å². The van der Waals surface area contributed by atoms with Crippen LogP contribution in [-0.2, 0) is 4.79 Å². The molecule has 1 unspecified atom stereocenters. The van der Waals surface area contributed by atoms with Gasteiger partial charge in [0, 0.05) is 5.38 Å². The van der Waals surface area contributed by atoms with Gasteiger partial charge in [-0.25, -0.2) is 0 Å². The molecule has 0 bridgehead atoms. The molecule has 1 rings (SSSR count). The maximum absolute atomic E-state index is 9.57. The summed E-state index contributed by atoms with van der Waals surface area (Å²) < 4.78 is 0. The first-order chi connectivity index (χ1) is 5.74. The zero-order valence-corrected chi connectivity index (χ0v) is 9.14. The van der Waals surface area contributed by atoms with Gasteiger partial charge in [-0.1, -0.05) is 13.8 Å². The number of rotatable bonds is 1. The molecule has 1 saturated carbocycles. The van der Waals surface area contributed by atoms with Crippen molar-refractivity contribution in [2.45, 2.75) is 45.0 Å². The van der Waals surface area contributed by atoms with Crippen molar-refractivity contribution in [2.24, 2.45) is 11.1 Å². The molecule has 1 aliphatic carbocycles. The molecule has 1 fully saturated rings. The molecule has 0 saturated heterocycles. The second-order valence-electron chi connectivity index (χ2n) is 4.30. The molecule has 0 aromatic heterocycles. The van der Waals surface area contributed by atoms with E-state index in [0.717, 1.165) is 0 Å². The lowest BCUT2D eigenvalue weighted by atomic mass is 9.72. The van der Waals surface area contributed by atoms with E-state index in [1.807, 2.05) is 0 Å². The van der Waals surface area contributed by atoms with E-state index in [1.165, 1.54) is 19.8 Å². The van der Waals surface area contributed by atoms with Crippen LogP contribution in [0, 0.1) is 5.41 Å². The van der Waals surface area contributed by atoms with Crippen LogP contribution in [-0.4, -0.2) is 22.5 Å². The molecular formula is C9H18ClNO2. The van der Waals surface area contributed by atoms with Gasteiger partial charge in [0.15, 0.2) is 0 Å². The van der Waals surface area contributed by atoms with Crippen molar-refractivity contribution in [3.8, 4) is 0 Å². The molecule has 0 radical (unpaired) electrons. The lowest BCUT2D eigenvalue weighted by Gasteiger charge is -2.38. The topological polar surface area (TPSA) is 63.3 Å². The minimum atomic E-state index is -0.963. The summed E-state index contributed by atoms with van der Waals surface area (Å²) in [5.74, 6) is -0.963. The van der Waals surface area contributed by atoms with Gasteiger partial charge >= 0.3 is 5.97 Å². The Balaban J connectivity index is 0.000000226. The van der Waals surface area contributed by atoms with E-state index >= 15 is 0 Å². The first-order valence-corrected chi connectivity index (χ1v) is 4.81. The summed E-state index contributed by atoms with van der Waals surface area (Å²) in [4.78, 5) is 9.57. The Hall–Kier alpha value is -0.280. The molecule has 0 aromatic rings. The summed E-state index contributed by atoms with van der Waals surface area (Å²) in [7, 11) is 0. The average molecular weight is 208 g/mol. The van der Waals surface area contributed by atoms with Crippen LogP contribution < -0.4 is 5.73 Å². The van der Waals surface area contributed by atoms with E-state index < -0.39 is 12.0 Å². The van der Waals surface area contributed by atoms with Crippen molar-refractivity contribution in [3.63, 3.8) is 0 Å². The number of carboxylic acid groups (broad SMARTS) is 1. The quantitative estimate of drug-likeness (QED) is 0.645. The first-order valence-electron chi connectivity index (χ1n) is 4.37. The maximum Gasteiger partial charge on any atom is 0.320 e. The van der Waals surface area contributed by atoms with Crippen LogP contribution in [0.5, 0.6) is 0 Å². The van der Waals surface area contributed by atoms with Gasteiger partial charge in [0.25, 0.3) is 0 Å². The average Bonchev–Trinajstić information content (AvgIpc) is 1.83. The number of alkyl halides is 1. The summed E-state index contributed by atoms with van der Waals surface area (Å²) in [6, 6.07) is -0.731. The third-order valence-corrected chi connectivity index (χ3v) is 2.25. The molecule has 0 aliphatic heterocycles.